The predicted octanol–water partition coefficient (Wildman–Crippen LogP) is 3.51. The summed E-state index contributed by atoms with van der Waals surface area (Å²) in [5, 5.41) is 1.61. The molecular formula is C17H18N4O2. The minimum Gasteiger partial charge on any atom is -0.494 e. The third-order valence-corrected chi connectivity index (χ3v) is 3.16. The lowest BCUT2D eigenvalue weighted by Crippen LogP contribution is -2.20. The van der Waals surface area contributed by atoms with Crippen molar-refractivity contribution in [1.29, 1.82) is 0 Å². The molecule has 0 radical (unpaired) electrons. The normalized spacial score (nSPS) is 10.7. The quantitative estimate of drug-likeness (QED) is 0.649. The first kappa shape index (κ1) is 15.2. The monoisotopic (exact) mass is 310 g/mol. The molecule has 0 aliphatic carbocycles. The molecule has 2 aromatic heterocycles. The molecule has 1 aromatic carbocycles. The minimum absolute atomic E-state index is 0.469. The molecule has 3 rings (SSSR count). The van der Waals surface area contributed by atoms with Gasteiger partial charge >= 0.3 is 0 Å². The Kier molecular flexibility index (Phi) is 4.63. The van der Waals surface area contributed by atoms with E-state index in [1.807, 2.05) is 50.2 Å². The number of hydrogen-bond donors (Lipinski definition) is 0. The number of ether oxygens (including phenoxy) is 1. The first-order valence-electron chi connectivity index (χ1n) is 7.55. The van der Waals surface area contributed by atoms with Crippen LogP contribution in [0, 0.1) is 0 Å². The molecule has 2 heterocycles. The summed E-state index contributed by atoms with van der Waals surface area (Å²) in [6, 6.07) is 11.4. The zero-order valence-corrected chi connectivity index (χ0v) is 13.1. The highest BCUT2D eigenvalue weighted by molar-refractivity contribution is 5.74. The van der Waals surface area contributed by atoms with Crippen LogP contribution in [0.5, 0.6) is 5.75 Å². The van der Waals surface area contributed by atoms with E-state index in [-0.39, 0.29) is 0 Å². The molecule has 23 heavy (non-hydrogen) atoms. The number of pyridine rings is 1. The maximum atomic E-state index is 5.71. The second-order valence-electron chi connectivity index (χ2n) is 4.72. The standard InChI is InChI=1S/C17H18N4O2/c1-3-22-14-9-7-13(8-10-14)21(23-4-2)17-19-12-16-15(20-17)6-5-11-18-16/h5-12H,3-4H2,1-2H3. The summed E-state index contributed by atoms with van der Waals surface area (Å²) in [7, 11) is 0. The molecule has 0 atom stereocenters. The third-order valence-electron chi connectivity index (χ3n) is 3.16. The summed E-state index contributed by atoms with van der Waals surface area (Å²) < 4.78 is 5.47. The Morgan fingerprint density at radius 1 is 0.957 bits per heavy atom. The molecular weight excluding hydrogens is 292 g/mol. The van der Waals surface area contributed by atoms with Crippen molar-refractivity contribution in [1.82, 2.24) is 15.0 Å². The molecule has 0 bridgehead atoms. The van der Waals surface area contributed by atoms with Crippen LogP contribution in [0.25, 0.3) is 11.0 Å². The molecule has 0 saturated heterocycles. The van der Waals surface area contributed by atoms with Crippen molar-refractivity contribution >= 4 is 22.7 Å². The van der Waals surface area contributed by atoms with Crippen molar-refractivity contribution < 1.29 is 9.57 Å². The van der Waals surface area contributed by atoms with E-state index in [2.05, 4.69) is 15.0 Å². The Labute approximate surface area is 134 Å². The number of rotatable bonds is 6. The van der Waals surface area contributed by atoms with Crippen LogP contribution in [-0.4, -0.2) is 28.2 Å². The van der Waals surface area contributed by atoms with Crippen molar-refractivity contribution in [2.45, 2.75) is 13.8 Å². The highest BCUT2D eigenvalue weighted by Crippen LogP contribution is 2.26. The molecule has 6 heteroatoms. The lowest BCUT2D eigenvalue weighted by molar-refractivity contribution is 0.146. The molecule has 0 saturated carbocycles. The van der Waals surface area contributed by atoms with E-state index in [0.717, 1.165) is 22.5 Å². The van der Waals surface area contributed by atoms with Gasteiger partial charge in [-0.05, 0) is 50.2 Å². The Bertz CT molecular complexity index is 777. The molecule has 0 amide bonds. The first-order valence-corrected chi connectivity index (χ1v) is 7.55. The van der Waals surface area contributed by atoms with E-state index in [0.29, 0.717) is 19.2 Å². The lowest BCUT2D eigenvalue weighted by atomic mass is 10.3. The van der Waals surface area contributed by atoms with Gasteiger partial charge in [0.05, 0.1) is 30.6 Å². The van der Waals surface area contributed by atoms with Crippen molar-refractivity contribution in [3.05, 3.63) is 48.8 Å². The summed E-state index contributed by atoms with van der Waals surface area (Å²) in [5.41, 5.74) is 2.35. The number of nitrogens with zero attached hydrogens (tertiary/aromatic N) is 4. The zero-order chi connectivity index (χ0) is 16.1. The van der Waals surface area contributed by atoms with Gasteiger partial charge in [-0.2, -0.15) is 5.06 Å². The highest BCUT2D eigenvalue weighted by atomic mass is 16.7. The van der Waals surface area contributed by atoms with Crippen molar-refractivity contribution in [2.75, 3.05) is 18.3 Å². The van der Waals surface area contributed by atoms with E-state index in [9.17, 15) is 0 Å². The molecule has 0 spiro atoms. The highest BCUT2D eigenvalue weighted by Gasteiger charge is 2.14. The van der Waals surface area contributed by atoms with Crippen LogP contribution >= 0.6 is 0 Å². The van der Waals surface area contributed by atoms with Crippen LogP contribution < -0.4 is 9.80 Å². The first-order chi connectivity index (χ1) is 11.3. The van der Waals surface area contributed by atoms with Crippen molar-refractivity contribution in [3.63, 3.8) is 0 Å². The van der Waals surface area contributed by atoms with Crippen LogP contribution in [-0.2, 0) is 4.84 Å². The topological polar surface area (TPSA) is 60.4 Å². The van der Waals surface area contributed by atoms with E-state index in [1.54, 1.807) is 17.5 Å². The second-order valence-corrected chi connectivity index (χ2v) is 4.72. The number of anilines is 2. The average Bonchev–Trinajstić information content (AvgIpc) is 2.60. The Morgan fingerprint density at radius 2 is 1.78 bits per heavy atom. The molecule has 6 nitrogen and oxygen atoms in total. The molecule has 0 aliphatic heterocycles. The van der Waals surface area contributed by atoms with Gasteiger partial charge in [-0.3, -0.25) is 9.82 Å². The summed E-state index contributed by atoms with van der Waals surface area (Å²) in [6.45, 7) is 5.01. The molecule has 118 valence electrons. The van der Waals surface area contributed by atoms with Gasteiger partial charge < -0.3 is 4.74 Å². The van der Waals surface area contributed by atoms with Gasteiger partial charge in [-0.25, -0.2) is 9.97 Å². The van der Waals surface area contributed by atoms with Crippen molar-refractivity contribution in [3.8, 4) is 5.75 Å². The fraction of sp³-hybridized carbons (Fsp3) is 0.235. The Morgan fingerprint density at radius 3 is 2.52 bits per heavy atom. The molecule has 0 aliphatic rings. The Hall–Kier alpha value is -2.73. The number of fused-ring (bicyclic) bond motifs is 1. The van der Waals surface area contributed by atoms with Crippen LogP contribution in [0.4, 0.5) is 11.6 Å². The molecule has 0 fully saturated rings. The van der Waals surface area contributed by atoms with Gasteiger partial charge in [0, 0.05) is 6.20 Å². The van der Waals surface area contributed by atoms with Crippen LogP contribution in [0.2, 0.25) is 0 Å². The van der Waals surface area contributed by atoms with Gasteiger partial charge in [0.15, 0.2) is 0 Å². The second kappa shape index (κ2) is 7.02. The fourth-order valence-electron chi connectivity index (χ4n) is 2.18. The third kappa shape index (κ3) is 3.37. The van der Waals surface area contributed by atoms with Crippen LogP contribution in [0.3, 0.4) is 0 Å². The largest absolute Gasteiger partial charge is 0.494 e. The van der Waals surface area contributed by atoms with Gasteiger partial charge in [0.1, 0.15) is 11.3 Å². The van der Waals surface area contributed by atoms with E-state index in [4.69, 9.17) is 9.57 Å². The molecule has 0 unspecified atom stereocenters. The smallest absolute Gasteiger partial charge is 0.255 e. The maximum Gasteiger partial charge on any atom is 0.255 e. The number of benzene rings is 1. The summed E-state index contributed by atoms with van der Waals surface area (Å²) >= 11 is 0. The molecule has 3 aromatic rings. The fourth-order valence-corrected chi connectivity index (χ4v) is 2.18. The predicted molar refractivity (Wildman–Crippen MR) is 88.7 cm³/mol. The van der Waals surface area contributed by atoms with Crippen LogP contribution in [0.15, 0.2) is 48.8 Å². The summed E-state index contributed by atoms with van der Waals surface area (Å²) in [4.78, 5) is 18.8. The summed E-state index contributed by atoms with van der Waals surface area (Å²) in [5.74, 6) is 1.29. The Balaban J connectivity index is 1.95. The van der Waals surface area contributed by atoms with E-state index in [1.165, 1.54) is 0 Å². The van der Waals surface area contributed by atoms with Gasteiger partial charge in [-0.15, -0.1) is 0 Å². The van der Waals surface area contributed by atoms with Gasteiger partial charge in [0.25, 0.3) is 5.95 Å². The van der Waals surface area contributed by atoms with Crippen molar-refractivity contribution in [2.24, 2.45) is 0 Å². The maximum absolute atomic E-state index is 5.71. The molecule has 0 N–H and O–H groups in total. The van der Waals surface area contributed by atoms with Crippen LogP contribution in [0.1, 0.15) is 13.8 Å². The lowest BCUT2D eigenvalue weighted by Gasteiger charge is -2.21. The van der Waals surface area contributed by atoms with Gasteiger partial charge in [-0.1, -0.05) is 0 Å². The van der Waals surface area contributed by atoms with Gasteiger partial charge in [0.2, 0.25) is 0 Å². The van der Waals surface area contributed by atoms with E-state index < -0.39 is 0 Å². The summed E-state index contributed by atoms with van der Waals surface area (Å²) in [6.07, 6.45) is 3.41. The van der Waals surface area contributed by atoms with E-state index >= 15 is 0 Å². The number of aromatic nitrogens is 3. The SMILES string of the molecule is CCOc1ccc(N(OCC)c2ncc3ncccc3n2)cc1. The zero-order valence-electron chi connectivity index (χ0n) is 13.1. The average molecular weight is 310 g/mol. The minimum atomic E-state index is 0.469. The number of hydrogen-bond acceptors (Lipinski definition) is 6.